The Hall–Kier alpha value is -11.3. The third-order valence-electron chi connectivity index (χ3n) is 19.4. The number of pyridine rings is 3. The van der Waals surface area contributed by atoms with E-state index in [1.807, 2.05) is 178 Å². The van der Waals surface area contributed by atoms with E-state index in [1.165, 1.54) is 43.0 Å². The second-order valence-corrected chi connectivity index (χ2v) is 32.2. The maximum Gasteiger partial charge on any atom is 2.00 e. The molecule has 0 saturated heterocycles. The molecule has 9 aromatic carbocycles. The number of aromatic nitrogens is 12. The third-order valence-corrected chi connectivity index (χ3v) is 25.7. The Bertz CT molecular complexity index is 6980. The number of hydrogen-bond donors (Lipinski definition) is 0. The molecular weight excluding hydrogens is 2070 g/mol. The summed E-state index contributed by atoms with van der Waals surface area (Å²) in [6, 6.07) is 97.5. The van der Waals surface area contributed by atoms with Crippen molar-refractivity contribution in [2.24, 2.45) is 0 Å². The summed E-state index contributed by atoms with van der Waals surface area (Å²) in [5.74, 6) is 6.18. The molecule has 0 aliphatic carbocycles. The van der Waals surface area contributed by atoms with Gasteiger partial charge in [-0.3, -0.25) is 14.0 Å². The van der Waals surface area contributed by atoms with Crippen LogP contribution in [0.1, 0.15) is 0 Å². The molecule has 0 N–H and O–H groups in total. The minimum absolute atomic E-state index is 0. The predicted octanol–water partition coefficient (Wildman–Crippen LogP) is 24.6. The van der Waals surface area contributed by atoms with Crippen LogP contribution in [-0.2, 0) is 63.2 Å². The second kappa shape index (κ2) is 30.6. The first-order valence-electron chi connectivity index (χ1n) is 35.2. The molecule has 0 bridgehead atoms. The topological polar surface area (TPSA) is 135 Å². The molecule has 15 aromatic heterocycles. The Labute approximate surface area is 715 Å². The van der Waals surface area contributed by atoms with Crippen molar-refractivity contribution in [3.05, 3.63) is 326 Å². The Kier molecular flexibility index (Phi) is 19.5. The Balaban J connectivity index is 0.000000113. The molecule has 24 heteroatoms. The van der Waals surface area contributed by atoms with Crippen molar-refractivity contribution >= 4 is 193 Å². The second-order valence-electron chi connectivity index (χ2n) is 25.9. The van der Waals surface area contributed by atoms with Gasteiger partial charge < -0.3 is 27.9 Å². The van der Waals surface area contributed by atoms with Crippen LogP contribution in [0.15, 0.2) is 289 Å². The van der Waals surface area contributed by atoms with Crippen LogP contribution in [-0.4, -0.2) is 58.0 Å². The van der Waals surface area contributed by atoms with E-state index in [9.17, 15) is 0 Å². The SMILES string of the molecule is [Pt+2].[Pt+2].[Pt+2].[c-]1c(Oc2[c-]c3c(cc2)c2ccccc2n3-c2ccccn2)cccc1-n1ncc2sc3cscc3c21.[c-]1c(Oc2[c-]c3c(cc2)c2ccccc2n3-c2ccccn2)cccc1-n1ncc2sc3sccc3c21.[c-]1c(Oc2[c-]c3c(cc2)c2ccccc2n3-c2ccccn2)cccc1-n1ncc2sc3sccc3c21. The molecule has 0 radical (unpaired) electrons. The van der Waals surface area contributed by atoms with Crippen molar-refractivity contribution in [3.8, 4) is 69.0 Å². The molecule has 24 rings (SSSR count). The van der Waals surface area contributed by atoms with E-state index >= 15 is 0 Å². The predicted molar refractivity (Wildman–Crippen MR) is 452 cm³/mol. The molecule has 15 heterocycles. The molecule has 0 amide bonds. The average Bonchev–Trinajstić information content (AvgIpc) is 1.62. The van der Waals surface area contributed by atoms with E-state index in [0.29, 0.717) is 34.5 Å². The summed E-state index contributed by atoms with van der Waals surface area (Å²) in [6.07, 6.45) is 11.2. The minimum Gasteiger partial charge on any atom is -0.509 e. The number of thiophene rings is 6. The summed E-state index contributed by atoms with van der Waals surface area (Å²) in [5, 5.41) is 33.0. The standard InChI is InChI=1S/3C30H16N4OS2.3Pt/c2*1-2-9-25-22(8-1)23-12-11-21(17-26(23)33(25)28-10-3-4-14-31-28)35-20-7-5-6-19(16-20)34-29-24-13-15-36-30(24)37-27(29)18-32-34;1-2-9-25-22(8-1)23-12-11-21(15-26(23)33(25)29-10-3-4-13-31-29)35-20-7-5-6-19(14-20)34-30-24-17-36-18-28(24)37-27(30)16-32-34;;;/h2*1-15,18H;1-13,16-18H;;;/q3*-2;3*+2. The van der Waals surface area contributed by atoms with E-state index < -0.39 is 0 Å². The molecule has 0 aliphatic rings. The zero-order valence-corrected chi connectivity index (χ0v) is 70.4. The van der Waals surface area contributed by atoms with Gasteiger partial charge in [-0.2, -0.15) is 63.0 Å². The van der Waals surface area contributed by atoms with E-state index in [2.05, 4.69) is 187 Å². The zero-order valence-electron chi connectivity index (χ0n) is 58.7. The number of rotatable bonds is 12. The van der Waals surface area contributed by atoms with Crippen LogP contribution in [0.3, 0.4) is 0 Å². The first kappa shape index (κ1) is 72.9. The van der Waals surface area contributed by atoms with Crippen molar-refractivity contribution in [1.29, 1.82) is 0 Å². The third kappa shape index (κ3) is 12.8. The molecule has 0 fully saturated rings. The average molecular weight is 2120 g/mol. The molecule has 24 aromatic rings. The van der Waals surface area contributed by atoms with Gasteiger partial charge in [0.15, 0.2) is 0 Å². The molecule has 15 nitrogen and oxygen atoms in total. The van der Waals surface area contributed by atoms with Crippen LogP contribution in [0.25, 0.3) is 159 Å². The largest absolute Gasteiger partial charge is 2.00 e. The number of para-hydroxylation sites is 3. The Morgan fingerprint density at radius 2 is 0.632 bits per heavy atom. The normalized spacial score (nSPS) is 11.5. The van der Waals surface area contributed by atoms with Gasteiger partial charge in [0, 0.05) is 101 Å². The van der Waals surface area contributed by atoms with Crippen molar-refractivity contribution in [2.75, 3.05) is 0 Å². The van der Waals surface area contributed by atoms with Crippen molar-refractivity contribution in [3.63, 3.8) is 0 Å². The minimum atomic E-state index is 0. The summed E-state index contributed by atoms with van der Waals surface area (Å²) in [6.45, 7) is 0. The molecule has 114 heavy (non-hydrogen) atoms. The molecule has 0 saturated carbocycles. The van der Waals surface area contributed by atoms with Crippen LogP contribution >= 0.6 is 68.0 Å². The van der Waals surface area contributed by atoms with Crippen molar-refractivity contribution < 1.29 is 77.4 Å². The van der Waals surface area contributed by atoms with Gasteiger partial charge in [0.1, 0.15) is 17.5 Å². The maximum atomic E-state index is 6.30. The van der Waals surface area contributed by atoms with E-state index in [-0.39, 0.29) is 63.2 Å². The van der Waals surface area contributed by atoms with E-state index in [0.717, 1.165) is 116 Å². The fourth-order valence-electron chi connectivity index (χ4n) is 14.7. The molecular formula is C90H48N12O3Pt3S6. The Morgan fingerprint density at radius 3 is 1.01 bits per heavy atom. The fourth-order valence-corrected chi connectivity index (χ4v) is 20.9. The van der Waals surface area contributed by atoms with Crippen LogP contribution in [0.5, 0.6) is 34.5 Å². The monoisotopic (exact) mass is 2120 g/mol. The van der Waals surface area contributed by atoms with Gasteiger partial charge in [0.2, 0.25) is 0 Å². The van der Waals surface area contributed by atoms with Gasteiger partial charge in [-0.25, -0.2) is 15.0 Å². The fraction of sp³-hybridized carbons (Fsp3) is 0. The van der Waals surface area contributed by atoms with Gasteiger partial charge in [-0.05, 0) is 111 Å². The van der Waals surface area contributed by atoms with E-state index in [4.69, 9.17) is 14.2 Å². The van der Waals surface area contributed by atoms with Crippen molar-refractivity contribution in [2.45, 2.75) is 0 Å². The van der Waals surface area contributed by atoms with Crippen LogP contribution in [0, 0.1) is 36.4 Å². The van der Waals surface area contributed by atoms with Gasteiger partial charge in [0.05, 0.1) is 57.3 Å². The first-order chi connectivity index (χ1) is 55.0. The molecule has 0 spiro atoms. The molecule has 0 aliphatic heterocycles. The smallest absolute Gasteiger partial charge is 0.509 e. The van der Waals surface area contributed by atoms with Gasteiger partial charge in [-0.15, -0.1) is 164 Å². The summed E-state index contributed by atoms with van der Waals surface area (Å²) in [4.78, 5) is 13.8. The van der Waals surface area contributed by atoms with Gasteiger partial charge in [0.25, 0.3) is 0 Å². The summed E-state index contributed by atoms with van der Waals surface area (Å²) < 4.78 is 38.5. The summed E-state index contributed by atoms with van der Waals surface area (Å²) in [5.41, 5.74) is 11.8. The van der Waals surface area contributed by atoms with Crippen LogP contribution in [0.4, 0.5) is 0 Å². The number of hydrogen-bond acceptors (Lipinski definition) is 15. The number of benzene rings is 9. The van der Waals surface area contributed by atoms with E-state index in [1.54, 1.807) is 86.6 Å². The molecule has 552 valence electrons. The maximum absolute atomic E-state index is 6.30. The number of nitrogens with zero attached hydrogens (tertiary/aromatic N) is 12. The quantitative estimate of drug-likeness (QED) is 0.110. The van der Waals surface area contributed by atoms with Crippen molar-refractivity contribution in [1.82, 2.24) is 58.0 Å². The summed E-state index contributed by atoms with van der Waals surface area (Å²) in [7, 11) is 0. The molecule has 0 atom stereocenters. The number of fused-ring (bicyclic) bond motifs is 18. The number of ether oxygens (including phenoxy) is 3. The van der Waals surface area contributed by atoms with Crippen LogP contribution < -0.4 is 14.2 Å². The zero-order chi connectivity index (χ0) is 73.0. The summed E-state index contributed by atoms with van der Waals surface area (Å²) >= 11 is 10.5. The Morgan fingerprint density at radius 1 is 0.281 bits per heavy atom. The van der Waals surface area contributed by atoms with Gasteiger partial charge >= 0.3 is 63.2 Å². The van der Waals surface area contributed by atoms with Crippen LogP contribution in [0.2, 0.25) is 0 Å². The molecule has 0 unspecified atom stereocenters. The van der Waals surface area contributed by atoms with Gasteiger partial charge in [-0.1, -0.05) is 89.3 Å². The first-order valence-corrected chi connectivity index (χ1v) is 40.4.